The van der Waals surface area contributed by atoms with Crippen LogP contribution in [0.3, 0.4) is 0 Å². The number of unbranched alkanes of at least 4 members (excludes halogenated alkanes) is 3. The van der Waals surface area contributed by atoms with Crippen LogP contribution >= 0.6 is 0 Å². The fourth-order valence-electron chi connectivity index (χ4n) is 2.89. The molecule has 20 heavy (non-hydrogen) atoms. The van der Waals surface area contributed by atoms with Crippen molar-refractivity contribution in [3.8, 4) is 0 Å². The van der Waals surface area contributed by atoms with Gasteiger partial charge in [-0.2, -0.15) is 0 Å². The van der Waals surface area contributed by atoms with E-state index in [1.54, 1.807) is 0 Å². The van der Waals surface area contributed by atoms with E-state index in [1.807, 2.05) is 24.3 Å². The average molecular weight is 277 g/mol. The highest BCUT2D eigenvalue weighted by Crippen LogP contribution is 2.35. The van der Waals surface area contributed by atoms with Crippen molar-refractivity contribution in [2.75, 3.05) is 24.6 Å². The number of hydrogen-bond donors (Lipinski definition) is 2. The zero-order valence-corrected chi connectivity index (χ0v) is 11.8. The maximum Gasteiger partial charge on any atom is 0.311 e. The Kier molecular flexibility index (Phi) is 5.41. The molecule has 0 bridgehead atoms. The number of fused-ring (bicyclic) bond motifs is 1. The number of aliphatic carboxylic acids is 1. The summed E-state index contributed by atoms with van der Waals surface area (Å²) in [5, 5.41) is 18.1. The van der Waals surface area contributed by atoms with Crippen LogP contribution in [0.25, 0.3) is 0 Å². The molecule has 0 fully saturated rings. The first-order chi connectivity index (χ1) is 9.74. The molecular formula is C16H23NO3. The van der Waals surface area contributed by atoms with Crippen molar-refractivity contribution in [1.29, 1.82) is 0 Å². The van der Waals surface area contributed by atoms with Gasteiger partial charge in [-0.05, 0) is 30.9 Å². The molecule has 2 N–H and O–H groups in total. The molecule has 4 nitrogen and oxygen atoms in total. The van der Waals surface area contributed by atoms with Crippen LogP contribution in [0.15, 0.2) is 24.3 Å². The summed E-state index contributed by atoms with van der Waals surface area (Å²) in [6.07, 6.45) is 4.82. The van der Waals surface area contributed by atoms with Gasteiger partial charge < -0.3 is 15.1 Å². The molecule has 1 unspecified atom stereocenters. The highest BCUT2D eigenvalue weighted by atomic mass is 16.4. The second kappa shape index (κ2) is 7.29. The number of hydrogen-bond acceptors (Lipinski definition) is 3. The summed E-state index contributed by atoms with van der Waals surface area (Å²) >= 11 is 0. The van der Waals surface area contributed by atoms with Crippen LogP contribution in [-0.4, -0.2) is 35.9 Å². The van der Waals surface area contributed by atoms with E-state index in [4.69, 9.17) is 5.11 Å². The molecule has 1 aromatic rings. The van der Waals surface area contributed by atoms with E-state index in [2.05, 4.69) is 4.90 Å². The molecule has 1 aliphatic heterocycles. The summed E-state index contributed by atoms with van der Waals surface area (Å²) < 4.78 is 0. The van der Waals surface area contributed by atoms with Crippen LogP contribution in [0.4, 0.5) is 5.69 Å². The summed E-state index contributed by atoms with van der Waals surface area (Å²) in [5.74, 6) is -1.09. The van der Waals surface area contributed by atoms with E-state index in [-0.39, 0.29) is 12.5 Å². The first-order valence-corrected chi connectivity index (χ1v) is 7.41. The smallest absolute Gasteiger partial charge is 0.311 e. The third-order valence-electron chi connectivity index (χ3n) is 3.97. The Hall–Kier alpha value is -1.55. The van der Waals surface area contributed by atoms with Gasteiger partial charge in [-0.25, -0.2) is 0 Å². The molecule has 1 aromatic carbocycles. The molecule has 0 aromatic heterocycles. The first-order valence-electron chi connectivity index (χ1n) is 7.41. The van der Waals surface area contributed by atoms with E-state index in [0.717, 1.165) is 50.0 Å². The fraction of sp³-hybridized carbons (Fsp3) is 0.562. The third-order valence-corrected chi connectivity index (χ3v) is 3.97. The van der Waals surface area contributed by atoms with Crippen molar-refractivity contribution in [1.82, 2.24) is 0 Å². The Balaban J connectivity index is 1.98. The molecule has 1 atom stereocenters. The predicted octanol–water partition coefficient (Wildman–Crippen LogP) is 2.62. The molecule has 2 rings (SSSR count). The van der Waals surface area contributed by atoms with Crippen LogP contribution in [0, 0.1) is 0 Å². The van der Waals surface area contributed by atoms with E-state index in [0.29, 0.717) is 6.42 Å². The Morgan fingerprint density at radius 3 is 2.70 bits per heavy atom. The molecule has 0 saturated carbocycles. The van der Waals surface area contributed by atoms with Gasteiger partial charge in [-0.3, -0.25) is 4.79 Å². The lowest BCUT2D eigenvalue weighted by Crippen LogP contribution is -2.34. The lowest BCUT2D eigenvalue weighted by atomic mass is 9.90. The molecule has 4 heteroatoms. The molecule has 0 amide bonds. The summed E-state index contributed by atoms with van der Waals surface area (Å²) in [4.78, 5) is 13.6. The van der Waals surface area contributed by atoms with E-state index in [9.17, 15) is 9.90 Å². The second-order valence-corrected chi connectivity index (χ2v) is 5.36. The van der Waals surface area contributed by atoms with E-state index >= 15 is 0 Å². The summed E-state index contributed by atoms with van der Waals surface area (Å²) in [6.45, 7) is 2.05. The average Bonchev–Trinajstić information content (AvgIpc) is 2.46. The molecule has 0 saturated heterocycles. The quantitative estimate of drug-likeness (QED) is 0.752. The molecule has 0 spiro atoms. The number of carbonyl (C=O) groups is 1. The minimum absolute atomic E-state index is 0.271. The van der Waals surface area contributed by atoms with Crippen LogP contribution in [-0.2, 0) is 4.79 Å². The van der Waals surface area contributed by atoms with Gasteiger partial charge in [0.15, 0.2) is 0 Å². The number of carboxylic acid groups (broad SMARTS) is 1. The van der Waals surface area contributed by atoms with Gasteiger partial charge in [0.05, 0.1) is 5.92 Å². The predicted molar refractivity (Wildman–Crippen MR) is 79.2 cm³/mol. The zero-order chi connectivity index (χ0) is 14.4. The van der Waals surface area contributed by atoms with Gasteiger partial charge in [-0.1, -0.05) is 31.0 Å². The summed E-state index contributed by atoms with van der Waals surface area (Å²) in [6, 6.07) is 7.85. The maximum absolute atomic E-state index is 11.3. The first kappa shape index (κ1) is 14.9. The van der Waals surface area contributed by atoms with Crippen molar-refractivity contribution in [2.45, 2.75) is 38.0 Å². The van der Waals surface area contributed by atoms with Gasteiger partial charge in [0.25, 0.3) is 0 Å². The topological polar surface area (TPSA) is 60.8 Å². The minimum atomic E-state index is -0.722. The number of nitrogens with zero attached hydrogens (tertiary/aromatic N) is 1. The van der Waals surface area contributed by atoms with Gasteiger partial charge in [0, 0.05) is 25.4 Å². The number of carboxylic acids is 1. The van der Waals surface area contributed by atoms with Crippen LogP contribution in [0.2, 0.25) is 0 Å². The standard InChI is InChI=1S/C16H23NO3/c18-12-6-2-1-5-10-17-11-9-14(16(19)20)13-7-3-4-8-15(13)17/h3-4,7-8,14,18H,1-2,5-6,9-12H2,(H,19,20). The maximum atomic E-state index is 11.3. The number of benzene rings is 1. The highest BCUT2D eigenvalue weighted by Gasteiger charge is 2.29. The van der Waals surface area contributed by atoms with Crippen molar-refractivity contribution in [3.63, 3.8) is 0 Å². The minimum Gasteiger partial charge on any atom is -0.481 e. The largest absolute Gasteiger partial charge is 0.481 e. The number of aliphatic hydroxyl groups is 1. The molecule has 1 aliphatic rings. The van der Waals surface area contributed by atoms with Gasteiger partial charge in [-0.15, -0.1) is 0 Å². The van der Waals surface area contributed by atoms with Gasteiger partial charge in [0.2, 0.25) is 0 Å². The monoisotopic (exact) mass is 277 g/mol. The van der Waals surface area contributed by atoms with Crippen LogP contribution in [0.1, 0.15) is 43.6 Å². The van der Waals surface area contributed by atoms with E-state index in [1.165, 1.54) is 0 Å². The summed E-state index contributed by atoms with van der Waals surface area (Å²) in [5.41, 5.74) is 2.02. The molecular weight excluding hydrogens is 254 g/mol. The van der Waals surface area contributed by atoms with Gasteiger partial charge >= 0.3 is 5.97 Å². The SMILES string of the molecule is O=C(O)C1CCN(CCCCCCO)c2ccccc21. The number of aliphatic hydroxyl groups excluding tert-OH is 1. The van der Waals surface area contributed by atoms with Crippen molar-refractivity contribution < 1.29 is 15.0 Å². The Morgan fingerprint density at radius 1 is 1.20 bits per heavy atom. The van der Waals surface area contributed by atoms with Crippen molar-refractivity contribution in [3.05, 3.63) is 29.8 Å². The Labute approximate surface area is 120 Å². The fourth-order valence-corrected chi connectivity index (χ4v) is 2.89. The Bertz CT molecular complexity index is 447. The third kappa shape index (κ3) is 3.51. The molecule has 0 radical (unpaired) electrons. The van der Waals surface area contributed by atoms with E-state index < -0.39 is 5.97 Å². The number of para-hydroxylation sites is 1. The number of rotatable bonds is 7. The van der Waals surface area contributed by atoms with Crippen LogP contribution < -0.4 is 4.90 Å². The molecule has 0 aliphatic carbocycles. The molecule has 110 valence electrons. The van der Waals surface area contributed by atoms with Crippen molar-refractivity contribution >= 4 is 11.7 Å². The zero-order valence-electron chi connectivity index (χ0n) is 11.8. The van der Waals surface area contributed by atoms with Crippen molar-refractivity contribution in [2.24, 2.45) is 0 Å². The summed E-state index contributed by atoms with van der Waals surface area (Å²) in [7, 11) is 0. The number of anilines is 1. The lowest BCUT2D eigenvalue weighted by molar-refractivity contribution is -0.139. The van der Waals surface area contributed by atoms with Crippen LogP contribution in [0.5, 0.6) is 0 Å². The lowest BCUT2D eigenvalue weighted by Gasteiger charge is -2.34. The second-order valence-electron chi connectivity index (χ2n) is 5.36. The van der Waals surface area contributed by atoms with Gasteiger partial charge in [0.1, 0.15) is 0 Å². The normalized spacial score (nSPS) is 17.9. The Morgan fingerprint density at radius 2 is 1.95 bits per heavy atom. The molecule has 1 heterocycles. The highest BCUT2D eigenvalue weighted by molar-refractivity contribution is 5.80.